The molecule has 0 spiro atoms. The largest absolute Gasteiger partial charge is 0.339 e. The van der Waals surface area contributed by atoms with Crippen LogP contribution in [0.15, 0.2) is 0 Å². The van der Waals surface area contributed by atoms with Gasteiger partial charge in [-0.1, -0.05) is 13.3 Å². The van der Waals surface area contributed by atoms with E-state index >= 15 is 0 Å². The monoisotopic (exact) mass is 267 g/mol. The van der Waals surface area contributed by atoms with E-state index in [1.807, 2.05) is 0 Å². The molecule has 0 bridgehead atoms. The number of nitrogens with one attached hydrogen (secondary N) is 1. The van der Waals surface area contributed by atoms with Crippen LogP contribution in [0.1, 0.15) is 45.4 Å². The van der Waals surface area contributed by atoms with Crippen LogP contribution >= 0.6 is 0 Å². The number of nitrogens with zero attached hydrogens (tertiary/aromatic N) is 2. The van der Waals surface area contributed by atoms with E-state index in [1.54, 1.807) is 0 Å². The maximum absolute atomic E-state index is 12.5. The number of likely N-dealkylation sites (tertiary alicyclic amines) is 1. The molecule has 0 saturated carbocycles. The Labute approximate surface area is 117 Å². The minimum Gasteiger partial charge on any atom is -0.339 e. The van der Waals surface area contributed by atoms with Crippen molar-refractivity contribution in [3.8, 4) is 0 Å². The highest BCUT2D eigenvalue weighted by Gasteiger charge is 2.27. The Bertz CT molecular complexity index is 273. The zero-order chi connectivity index (χ0) is 13.5. The molecule has 2 aliphatic rings. The Kier molecular flexibility index (Phi) is 6.11. The summed E-state index contributed by atoms with van der Waals surface area (Å²) in [7, 11) is 0. The highest BCUT2D eigenvalue weighted by Crippen LogP contribution is 2.21. The van der Waals surface area contributed by atoms with Gasteiger partial charge in [0.05, 0.1) is 6.54 Å². The first-order valence-corrected chi connectivity index (χ1v) is 8.04. The van der Waals surface area contributed by atoms with Crippen LogP contribution in [-0.4, -0.2) is 61.0 Å². The van der Waals surface area contributed by atoms with E-state index in [4.69, 9.17) is 0 Å². The van der Waals surface area contributed by atoms with Crippen molar-refractivity contribution in [2.24, 2.45) is 0 Å². The molecule has 2 rings (SSSR count). The summed E-state index contributed by atoms with van der Waals surface area (Å²) in [5.41, 5.74) is 0. The van der Waals surface area contributed by atoms with E-state index in [0.29, 0.717) is 18.5 Å². The van der Waals surface area contributed by atoms with E-state index in [2.05, 4.69) is 22.0 Å². The number of hydrogen-bond donors (Lipinski definition) is 1. The highest BCUT2D eigenvalue weighted by atomic mass is 16.2. The van der Waals surface area contributed by atoms with Crippen molar-refractivity contribution in [2.45, 2.75) is 51.5 Å². The average molecular weight is 267 g/mol. The van der Waals surface area contributed by atoms with Crippen LogP contribution in [0, 0.1) is 0 Å². The van der Waals surface area contributed by atoms with Gasteiger partial charge < -0.3 is 10.2 Å². The molecule has 0 aromatic carbocycles. The number of piperidine rings is 1. The van der Waals surface area contributed by atoms with Crippen molar-refractivity contribution < 1.29 is 4.79 Å². The van der Waals surface area contributed by atoms with Crippen LogP contribution in [0.5, 0.6) is 0 Å². The fourth-order valence-corrected chi connectivity index (χ4v) is 3.30. The van der Waals surface area contributed by atoms with Gasteiger partial charge in [0.1, 0.15) is 0 Å². The molecule has 2 aliphatic heterocycles. The molecule has 4 heteroatoms. The maximum Gasteiger partial charge on any atom is 0.236 e. The normalized spacial score (nSPS) is 26.2. The third kappa shape index (κ3) is 4.46. The van der Waals surface area contributed by atoms with E-state index in [-0.39, 0.29) is 0 Å². The van der Waals surface area contributed by atoms with Crippen LogP contribution < -0.4 is 5.32 Å². The Morgan fingerprint density at radius 2 is 2.05 bits per heavy atom. The minimum absolute atomic E-state index is 0.361. The summed E-state index contributed by atoms with van der Waals surface area (Å²) in [6, 6.07) is 0.511. The molecule has 1 atom stereocenters. The lowest BCUT2D eigenvalue weighted by atomic mass is 9.98. The Morgan fingerprint density at radius 1 is 1.16 bits per heavy atom. The number of carbonyl (C=O) groups excluding carboxylic acids is 1. The summed E-state index contributed by atoms with van der Waals surface area (Å²) >= 11 is 0. The van der Waals surface area contributed by atoms with Gasteiger partial charge in [0.2, 0.25) is 5.91 Å². The molecule has 1 N–H and O–H groups in total. The second-order valence-corrected chi connectivity index (χ2v) is 5.91. The van der Waals surface area contributed by atoms with Gasteiger partial charge in [-0.25, -0.2) is 0 Å². The number of carbonyl (C=O) groups is 1. The lowest BCUT2D eigenvalue weighted by Gasteiger charge is -2.37. The molecule has 19 heavy (non-hydrogen) atoms. The molecule has 0 aromatic heterocycles. The molecule has 1 unspecified atom stereocenters. The molecule has 0 aromatic rings. The van der Waals surface area contributed by atoms with Crippen LogP contribution in [0.25, 0.3) is 0 Å². The lowest BCUT2D eigenvalue weighted by Crippen LogP contribution is -2.48. The van der Waals surface area contributed by atoms with Gasteiger partial charge in [-0.05, 0) is 45.2 Å². The summed E-state index contributed by atoms with van der Waals surface area (Å²) in [6.07, 6.45) is 7.21. The molecule has 2 saturated heterocycles. The predicted molar refractivity (Wildman–Crippen MR) is 78.2 cm³/mol. The molecule has 2 fully saturated rings. The Balaban J connectivity index is 1.85. The van der Waals surface area contributed by atoms with Gasteiger partial charge in [-0.2, -0.15) is 0 Å². The SMILES string of the molecule is CCCC1CCCCN1C(=O)CN1CCCNCC1. The number of rotatable bonds is 4. The predicted octanol–water partition coefficient (Wildman–Crippen LogP) is 1.46. The van der Waals surface area contributed by atoms with Crippen molar-refractivity contribution in [1.29, 1.82) is 0 Å². The number of hydrogen-bond acceptors (Lipinski definition) is 3. The van der Waals surface area contributed by atoms with Crippen LogP contribution in [0.2, 0.25) is 0 Å². The Morgan fingerprint density at radius 3 is 2.89 bits per heavy atom. The van der Waals surface area contributed by atoms with Crippen LogP contribution in [-0.2, 0) is 4.79 Å². The van der Waals surface area contributed by atoms with Gasteiger partial charge in [-0.3, -0.25) is 9.69 Å². The van der Waals surface area contributed by atoms with E-state index in [9.17, 15) is 4.79 Å². The number of amides is 1. The van der Waals surface area contributed by atoms with Gasteiger partial charge >= 0.3 is 0 Å². The summed E-state index contributed by atoms with van der Waals surface area (Å²) < 4.78 is 0. The van der Waals surface area contributed by atoms with Crippen LogP contribution in [0.3, 0.4) is 0 Å². The quantitative estimate of drug-likeness (QED) is 0.838. The first-order valence-electron chi connectivity index (χ1n) is 8.04. The summed E-state index contributed by atoms with van der Waals surface area (Å²) in [4.78, 5) is 17.0. The molecule has 110 valence electrons. The van der Waals surface area contributed by atoms with Crippen molar-refractivity contribution in [2.75, 3.05) is 39.3 Å². The molecule has 0 aliphatic carbocycles. The molecule has 1 amide bonds. The zero-order valence-corrected chi connectivity index (χ0v) is 12.4. The van der Waals surface area contributed by atoms with Gasteiger partial charge in [0, 0.05) is 25.7 Å². The fourth-order valence-electron chi connectivity index (χ4n) is 3.30. The zero-order valence-electron chi connectivity index (χ0n) is 12.4. The molecular weight excluding hydrogens is 238 g/mol. The third-order valence-corrected chi connectivity index (χ3v) is 4.36. The summed E-state index contributed by atoms with van der Waals surface area (Å²) in [5.74, 6) is 0.361. The van der Waals surface area contributed by atoms with Gasteiger partial charge in [0.25, 0.3) is 0 Å². The molecule has 4 nitrogen and oxygen atoms in total. The maximum atomic E-state index is 12.5. The highest BCUT2D eigenvalue weighted by molar-refractivity contribution is 5.78. The molecular formula is C15H29N3O. The van der Waals surface area contributed by atoms with Gasteiger partial charge in [-0.15, -0.1) is 0 Å². The van der Waals surface area contributed by atoms with Gasteiger partial charge in [0.15, 0.2) is 0 Å². The Hall–Kier alpha value is -0.610. The second-order valence-electron chi connectivity index (χ2n) is 5.91. The van der Waals surface area contributed by atoms with E-state index in [1.165, 1.54) is 32.1 Å². The summed E-state index contributed by atoms with van der Waals surface area (Å²) in [5, 5.41) is 3.39. The topological polar surface area (TPSA) is 35.6 Å². The minimum atomic E-state index is 0.361. The lowest BCUT2D eigenvalue weighted by molar-refractivity contribution is -0.136. The standard InChI is InChI=1S/C15H29N3O/c1-2-6-14-7-3-4-11-18(14)15(19)13-17-10-5-8-16-9-12-17/h14,16H,2-13H2,1H3. The van der Waals surface area contributed by atoms with E-state index in [0.717, 1.165) is 39.1 Å². The smallest absolute Gasteiger partial charge is 0.236 e. The average Bonchev–Trinajstić information content (AvgIpc) is 2.68. The second kappa shape index (κ2) is 7.85. The first kappa shape index (κ1) is 14.8. The van der Waals surface area contributed by atoms with Crippen molar-refractivity contribution in [3.05, 3.63) is 0 Å². The fraction of sp³-hybridized carbons (Fsp3) is 0.933. The van der Waals surface area contributed by atoms with Crippen molar-refractivity contribution in [1.82, 2.24) is 15.1 Å². The first-order chi connectivity index (χ1) is 9.31. The van der Waals surface area contributed by atoms with Crippen molar-refractivity contribution in [3.63, 3.8) is 0 Å². The van der Waals surface area contributed by atoms with Crippen molar-refractivity contribution >= 4 is 5.91 Å². The van der Waals surface area contributed by atoms with Crippen LogP contribution in [0.4, 0.5) is 0 Å². The summed E-state index contributed by atoms with van der Waals surface area (Å²) in [6.45, 7) is 8.01. The van der Waals surface area contributed by atoms with E-state index < -0.39 is 0 Å². The molecule has 2 heterocycles. The molecule has 0 radical (unpaired) electrons. The third-order valence-electron chi connectivity index (χ3n) is 4.36.